The largest absolute Gasteiger partial charge is 0.468 e. The lowest BCUT2D eigenvalue weighted by atomic mass is 10.1. The Balaban J connectivity index is 2.81. The summed E-state index contributed by atoms with van der Waals surface area (Å²) in [4.78, 5) is 33.4. The summed E-state index contributed by atoms with van der Waals surface area (Å²) < 4.78 is 4.02. The van der Waals surface area contributed by atoms with Gasteiger partial charge in [-0.25, -0.2) is 0 Å². The highest BCUT2D eigenvalue weighted by Gasteiger charge is 2.20. The number of hydrogen-bond donors (Lipinski definition) is 1. The lowest BCUT2D eigenvalue weighted by Crippen LogP contribution is -2.34. The molecule has 0 saturated heterocycles. The average molecular weight is 392 g/mol. The SMILES string of the molecule is COC(=O)C(I)CNC(=O)c1cccc([N+](=O)[O-])c1C. The number of amides is 1. The number of alkyl halides is 1. The van der Waals surface area contributed by atoms with Crippen LogP contribution in [-0.4, -0.2) is 34.4 Å². The number of ether oxygens (including phenoxy) is 1. The minimum absolute atomic E-state index is 0.0915. The second kappa shape index (κ2) is 7.17. The lowest BCUT2D eigenvalue weighted by molar-refractivity contribution is -0.385. The number of halogens is 1. The number of nitro groups is 1. The predicted molar refractivity (Wildman–Crippen MR) is 80.0 cm³/mol. The molecule has 1 aromatic rings. The smallest absolute Gasteiger partial charge is 0.320 e. The van der Waals surface area contributed by atoms with Crippen LogP contribution in [0.1, 0.15) is 15.9 Å². The van der Waals surface area contributed by atoms with Gasteiger partial charge < -0.3 is 10.1 Å². The number of hydrogen-bond acceptors (Lipinski definition) is 5. The maximum absolute atomic E-state index is 12.0. The molecule has 0 aliphatic carbocycles. The number of carbonyl (C=O) groups excluding carboxylic acids is 2. The summed E-state index contributed by atoms with van der Waals surface area (Å²) in [6.07, 6.45) is 0. The van der Waals surface area contributed by atoms with Crippen LogP contribution in [0.4, 0.5) is 5.69 Å². The van der Waals surface area contributed by atoms with Gasteiger partial charge in [-0.1, -0.05) is 28.7 Å². The third-order valence-corrected chi connectivity index (χ3v) is 3.59. The first-order valence-electron chi connectivity index (χ1n) is 5.62. The van der Waals surface area contributed by atoms with Gasteiger partial charge in [-0.2, -0.15) is 0 Å². The number of methoxy groups -OCH3 is 1. The van der Waals surface area contributed by atoms with Gasteiger partial charge in [-0.3, -0.25) is 19.7 Å². The van der Waals surface area contributed by atoms with E-state index >= 15 is 0 Å². The van der Waals surface area contributed by atoms with Crippen molar-refractivity contribution in [2.24, 2.45) is 0 Å². The zero-order chi connectivity index (χ0) is 15.3. The number of nitrogens with one attached hydrogen (secondary N) is 1. The van der Waals surface area contributed by atoms with Crippen LogP contribution in [0.3, 0.4) is 0 Å². The van der Waals surface area contributed by atoms with E-state index in [4.69, 9.17) is 0 Å². The zero-order valence-corrected chi connectivity index (χ0v) is 13.0. The van der Waals surface area contributed by atoms with Gasteiger partial charge in [0.1, 0.15) is 3.92 Å². The Morgan fingerprint density at radius 3 is 2.70 bits per heavy atom. The maximum Gasteiger partial charge on any atom is 0.320 e. The van der Waals surface area contributed by atoms with Crippen LogP contribution < -0.4 is 5.32 Å². The van der Waals surface area contributed by atoms with Gasteiger partial charge >= 0.3 is 5.97 Å². The first kappa shape index (κ1) is 16.3. The van der Waals surface area contributed by atoms with Gasteiger partial charge in [-0.05, 0) is 13.0 Å². The molecule has 1 N–H and O–H groups in total. The Morgan fingerprint density at radius 2 is 2.15 bits per heavy atom. The second-order valence-electron chi connectivity index (χ2n) is 3.91. The molecule has 1 atom stereocenters. The third-order valence-electron chi connectivity index (χ3n) is 2.65. The van der Waals surface area contributed by atoms with E-state index in [9.17, 15) is 19.7 Å². The molecule has 8 heteroatoms. The molecule has 0 fully saturated rings. The molecule has 7 nitrogen and oxygen atoms in total. The van der Waals surface area contributed by atoms with E-state index in [1.165, 1.54) is 32.2 Å². The average Bonchev–Trinajstić information content (AvgIpc) is 2.43. The van der Waals surface area contributed by atoms with E-state index in [-0.39, 0.29) is 23.4 Å². The van der Waals surface area contributed by atoms with E-state index in [1.54, 1.807) is 0 Å². The number of benzene rings is 1. The fraction of sp³-hybridized carbons (Fsp3) is 0.333. The van der Waals surface area contributed by atoms with Crippen molar-refractivity contribution in [3.63, 3.8) is 0 Å². The third kappa shape index (κ3) is 3.89. The van der Waals surface area contributed by atoms with Gasteiger partial charge in [0.15, 0.2) is 0 Å². The van der Waals surface area contributed by atoms with E-state index in [0.29, 0.717) is 0 Å². The summed E-state index contributed by atoms with van der Waals surface area (Å²) in [5, 5.41) is 13.4. The molecule has 0 aliphatic heterocycles. The minimum Gasteiger partial charge on any atom is -0.468 e. The highest BCUT2D eigenvalue weighted by Crippen LogP contribution is 2.20. The molecule has 0 aromatic heterocycles. The molecule has 108 valence electrons. The van der Waals surface area contributed by atoms with E-state index in [2.05, 4.69) is 10.1 Å². The van der Waals surface area contributed by atoms with Crippen molar-refractivity contribution in [1.82, 2.24) is 5.32 Å². The molecule has 20 heavy (non-hydrogen) atoms. The summed E-state index contributed by atoms with van der Waals surface area (Å²) in [6.45, 7) is 1.60. The maximum atomic E-state index is 12.0. The molecular weight excluding hydrogens is 379 g/mol. The standard InChI is InChI=1S/C12H13IN2O5/c1-7-8(4-3-5-10(7)15(18)19)11(16)14-6-9(13)12(17)20-2/h3-5,9H,6H2,1-2H3,(H,14,16). The van der Waals surface area contributed by atoms with Gasteiger partial charge in [0, 0.05) is 23.7 Å². The Morgan fingerprint density at radius 1 is 1.50 bits per heavy atom. The minimum atomic E-state index is -0.540. The molecule has 1 unspecified atom stereocenters. The predicted octanol–water partition coefficient (Wildman–Crippen LogP) is 1.61. The van der Waals surface area contributed by atoms with Gasteiger partial charge in [0.25, 0.3) is 11.6 Å². The normalized spacial score (nSPS) is 11.6. The second-order valence-corrected chi connectivity index (χ2v) is 5.41. The Hall–Kier alpha value is -1.71. The number of rotatable bonds is 5. The van der Waals surface area contributed by atoms with Crippen LogP contribution in [-0.2, 0) is 9.53 Å². The van der Waals surface area contributed by atoms with Gasteiger partial charge in [0.05, 0.1) is 12.0 Å². The van der Waals surface area contributed by atoms with Crippen LogP contribution in [0.15, 0.2) is 18.2 Å². The van der Waals surface area contributed by atoms with Crippen LogP contribution >= 0.6 is 22.6 Å². The van der Waals surface area contributed by atoms with Crippen molar-refractivity contribution in [3.05, 3.63) is 39.4 Å². The van der Waals surface area contributed by atoms with Crippen molar-refractivity contribution >= 4 is 40.2 Å². The highest BCUT2D eigenvalue weighted by molar-refractivity contribution is 14.1. The molecule has 0 radical (unpaired) electrons. The van der Waals surface area contributed by atoms with Crippen molar-refractivity contribution < 1.29 is 19.2 Å². The van der Waals surface area contributed by atoms with Crippen molar-refractivity contribution in [1.29, 1.82) is 0 Å². The van der Waals surface area contributed by atoms with E-state index in [1.807, 2.05) is 22.6 Å². The van der Waals surface area contributed by atoms with E-state index in [0.717, 1.165) is 0 Å². The van der Waals surface area contributed by atoms with Gasteiger partial charge in [0.2, 0.25) is 0 Å². The van der Waals surface area contributed by atoms with Crippen molar-refractivity contribution in [3.8, 4) is 0 Å². The molecule has 0 saturated carbocycles. The number of esters is 1. The molecule has 0 spiro atoms. The Labute approximate surface area is 129 Å². The van der Waals surface area contributed by atoms with Crippen LogP contribution in [0.5, 0.6) is 0 Å². The molecule has 1 aromatic carbocycles. The summed E-state index contributed by atoms with van der Waals surface area (Å²) in [5.41, 5.74) is 0.391. The lowest BCUT2D eigenvalue weighted by Gasteiger charge is -2.10. The molecule has 1 amide bonds. The fourth-order valence-electron chi connectivity index (χ4n) is 1.56. The summed E-state index contributed by atoms with van der Waals surface area (Å²) >= 11 is 1.85. The van der Waals surface area contributed by atoms with Gasteiger partial charge in [-0.15, -0.1) is 0 Å². The fourth-order valence-corrected chi connectivity index (χ4v) is 2.03. The summed E-state index contributed by atoms with van der Waals surface area (Å²) in [5.74, 6) is -0.904. The van der Waals surface area contributed by atoms with Crippen molar-refractivity contribution in [2.45, 2.75) is 10.8 Å². The Bertz CT molecular complexity index is 547. The van der Waals surface area contributed by atoms with Crippen LogP contribution in [0.2, 0.25) is 0 Å². The molecule has 1 rings (SSSR count). The Kier molecular flexibility index (Phi) is 5.86. The number of carbonyl (C=O) groups is 2. The molecule has 0 heterocycles. The quantitative estimate of drug-likeness (QED) is 0.270. The first-order chi connectivity index (χ1) is 9.38. The molecule has 0 aliphatic rings. The van der Waals surface area contributed by atoms with Crippen molar-refractivity contribution in [2.75, 3.05) is 13.7 Å². The number of nitro benzene ring substituents is 1. The number of nitrogens with zero attached hydrogens (tertiary/aromatic N) is 1. The topological polar surface area (TPSA) is 98.5 Å². The monoisotopic (exact) mass is 392 g/mol. The molecule has 0 bridgehead atoms. The first-order valence-corrected chi connectivity index (χ1v) is 6.87. The zero-order valence-electron chi connectivity index (χ0n) is 10.9. The molecular formula is C12H13IN2O5. The summed E-state index contributed by atoms with van der Waals surface area (Å²) in [7, 11) is 1.26. The van der Waals surface area contributed by atoms with E-state index < -0.39 is 20.7 Å². The van der Waals surface area contributed by atoms with Crippen LogP contribution in [0.25, 0.3) is 0 Å². The summed E-state index contributed by atoms with van der Waals surface area (Å²) in [6, 6.07) is 4.28. The van der Waals surface area contributed by atoms with Crippen LogP contribution in [0, 0.1) is 17.0 Å². The highest BCUT2D eigenvalue weighted by atomic mass is 127.